The molecule has 0 aliphatic carbocycles. The largest absolute Gasteiger partial charge is 0.328 e. The number of carbonyl (C=O) groups is 3. The molecule has 2 N–H and O–H groups in total. The van der Waals surface area contributed by atoms with E-state index in [0.717, 1.165) is 5.75 Å². The second kappa shape index (κ2) is 6.78. The quantitative estimate of drug-likeness (QED) is 0.570. The molecule has 0 unspecified atom stereocenters. The number of barbiturate groups is 1. The van der Waals surface area contributed by atoms with Gasteiger partial charge in [0.15, 0.2) is 0 Å². The molecule has 0 saturated carbocycles. The van der Waals surface area contributed by atoms with Crippen LogP contribution in [0.1, 0.15) is 20.8 Å². The number of hydrogen-bond acceptors (Lipinski definition) is 4. The predicted molar refractivity (Wildman–Crippen MR) is 67.7 cm³/mol. The van der Waals surface area contributed by atoms with E-state index in [1.165, 1.54) is 11.8 Å². The number of rotatable bonds is 4. The van der Waals surface area contributed by atoms with Crippen LogP contribution in [0.25, 0.3) is 0 Å². The molecule has 5 nitrogen and oxygen atoms in total. The molecule has 0 aromatic rings. The molecule has 0 spiro atoms. The van der Waals surface area contributed by atoms with Gasteiger partial charge in [-0.15, -0.1) is 0 Å². The Kier molecular flexibility index (Phi) is 6.76. The van der Waals surface area contributed by atoms with E-state index in [2.05, 4.69) is 10.6 Å². The van der Waals surface area contributed by atoms with Crippen LogP contribution in [-0.4, -0.2) is 58.9 Å². The summed E-state index contributed by atoms with van der Waals surface area (Å²) >= 11 is 1.52. The molecule has 1 rings (SSSR count). The van der Waals surface area contributed by atoms with E-state index in [1.54, 1.807) is 0 Å². The second-order valence-electron chi connectivity index (χ2n) is 4.00. The Labute approximate surface area is 127 Å². The van der Waals surface area contributed by atoms with Gasteiger partial charge in [-0.25, -0.2) is 4.79 Å². The van der Waals surface area contributed by atoms with Crippen molar-refractivity contribution in [3.63, 3.8) is 0 Å². The van der Waals surface area contributed by atoms with Gasteiger partial charge in [0.25, 0.3) is 0 Å². The fourth-order valence-electron chi connectivity index (χ4n) is 1.65. The van der Waals surface area contributed by atoms with Crippen LogP contribution in [-0.2, 0) is 9.59 Å². The Balaban J connectivity index is 0.00000256. The van der Waals surface area contributed by atoms with Crippen LogP contribution in [0.5, 0.6) is 0 Å². The van der Waals surface area contributed by atoms with Gasteiger partial charge in [-0.1, -0.05) is 20.8 Å². The van der Waals surface area contributed by atoms with Crippen LogP contribution in [0.3, 0.4) is 0 Å². The zero-order valence-corrected chi connectivity index (χ0v) is 13.4. The van der Waals surface area contributed by atoms with E-state index in [4.69, 9.17) is 0 Å². The zero-order valence-electron chi connectivity index (χ0n) is 10.6. The Morgan fingerprint density at radius 3 is 2.00 bits per heavy atom. The van der Waals surface area contributed by atoms with Gasteiger partial charge in [-0.3, -0.25) is 20.2 Å². The SMILES string of the molecule is CCSCC1(C(C)C)C(=O)NC(=O)NC1=O.[Na]. The van der Waals surface area contributed by atoms with E-state index >= 15 is 0 Å². The van der Waals surface area contributed by atoms with Gasteiger partial charge in [0.2, 0.25) is 11.8 Å². The van der Waals surface area contributed by atoms with Gasteiger partial charge in [-0.05, 0) is 11.7 Å². The molecule has 1 aliphatic rings. The number of nitrogens with one attached hydrogen (secondary N) is 2. The number of hydrogen-bond donors (Lipinski definition) is 2. The first-order chi connectivity index (χ1) is 7.45. The molecule has 1 fully saturated rings. The van der Waals surface area contributed by atoms with Gasteiger partial charge in [-0.2, -0.15) is 11.8 Å². The van der Waals surface area contributed by atoms with E-state index in [0.29, 0.717) is 5.75 Å². The Morgan fingerprint density at radius 1 is 1.18 bits per heavy atom. The smallest absolute Gasteiger partial charge is 0.277 e. The minimum absolute atomic E-state index is 0. The maximum Gasteiger partial charge on any atom is 0.328 e. The summed E-state index contributed by atoms with van der Waals surface area (Å²) in [6, 6.07) is -0.729. The van der Waals surface area contributed by atoms with Crippen molar-refractivity contribution in [1.29, 1.82) is 0 Å². The summed E-state index contributed by atoms with van der Waals surface area (Å²) in [6.45, 7) is 5.58. The Morgan fingerprint density at radius 2 is 1.65 bits per heavy atom. The van der Waals surface area contributed by atoms with Crippen molar-refractivity contribution in [2.75, 3.05) is 11.5 Å². The number of amides is 4. The number of carbonyl (C=O) groups excluding carboxylic acids is 3. The summed E-state index contributed by atoms with van der Waals surface area (Å²) in [5.74, 6) is 0.0868. The van der Waals surface area contributed by atoms with Crippen molar-refractivity contribution in [1.82, 2.24) is 10.6 Å². The summed E-state index contributed by atoms with van der Waals surface area (Å²) in [6.07, 6.45) is 0. The average Bonchev–Trinajstić information content (AvgIpc) is 2.16. The molecule has 0 bridgehead atoms. The molecule has 0 aromatic heterocycles. The first kappa shape index (κ1) is 17.0. The predicted octanol–water partition coefficient (Wildman–Crippen LogP) is 0.367. The molecule has 1 aliphatic heterocycles. The van der Waals surface area contributed by atoms with Gasteiger partial charge < -0.3 is 0 Å². The molecular weight excluding hydrogens is 251 g/mol. The van der Waals surface area contributed by atoms with Crippen molar-refractivity contribution in [2.45, 2.75) is 20.8 Å². The van der Waals surface area contributed by atoms with E-state index in [9.17, 15) is 14.4 Å². The third kappa shape index (κ3) is 3.24. The van der Waals surface area contributed by atoms with Crippen molar-refractivity contribution < 1.29 is 14.4 Å². The van der Waals surface area contributed by atoms with Crippen LogP contribution < -0.4 is 10.6 Å². The molecule has 1 heterocycles. The third-order valence-corrected chi connectivity index (χ3v) is 3.85. The monoisotopic (exact) mass is 267 g/mol. The summed E-state index contributed by atoms with van der Waals surface area (Å²) in [5.41, 5.74) is -1.13. The molecule has 17 heavy (non-hydrogen) atoms. The van der Waals surface area contributed by atoms with Crippen LogP contribution in [0.2, 0.25) is 0 Å². The second-order valence-corrected chi connectivity index (χ2v) is 5.27. The van der Waals surface area contributed by atoms with Crippen LogP contribution in [0, 0.1) is 11.3 Å². The van der Waals surface area contributed by atoms with Gasteiger partial charge in [0.1, 0.15) is 5.41 Å². The summed E-state index contributed by atoms with van der Waals surface area (Å²) in [4.78, 5) is 34.8. The Hall–Kier alpha value is -0.0400. The van der Waals surface area contributed by atoms with Crippen LogP contribution in [0.15, 0.2) is 0 Å². The molecule has 1 radical (unpaired) electrons. The van der Waals surface area contributed by atoms with E-state index in [1.807, 2.05) is 20.8 Å². The topological polar surface area (TPSA) is 75.3 Å². The fraction of sp³-hybridized carbons (Fsp3) is 0.700. The maximum absolute atomic E-state index is 11.9. The van der Waals surface area contributed by atoms with Crippen molar-refractivity contribution >= 4 is 59.2 Å². The van der Waals surface area contributed by atoms with Crippen molar-refractivity contribution in [3.8, 4) is 0 Å². The molecule has 0 atom stereocenters. The minimum atomic E-state index is -1.13. The standard InChI is InChI=1S/C10H16N2O3S.Na/c1-4-16-5-10(6(2)3)7(13)11-9(15)12-8(10)14;/h6H,4-5H2,1-3H3,(H2,11,12,13,14,15);. The van der Waals surface area contributed by atoms with Crippen molar-refractivity contribution in [2.24, 2.45) is 11.3 Å². The zero-order chi connectivity index (χ0) is 12.3. The summed E-state index contributed by atoms with van der Waals surface area (Å²) < 4.78 is 0. The minimum Gasteiger partial charge on any atom is -0.277 e. The molecule has 1 saturated heterocycles. The summed E-state index contributed by atoms with van der Waals surface area (Å²) in [5, 5.41) is 4.34. The van der Waals surface area contributed by atoms with E-state index < -0.39 is 23.3 Å². The first-order valence-corrected chi connectivity index (χ1v) is 6.35. The van der Waals surface area contributed by atoms with Crippen molar-refractivity contribution in [3.05, 3.63) is 0 Å². The Bertz CT molecular complexity index is 314. The number of thioether (sulfide) groups is 1. The van der Waals surface area contributed by atoms with Gasteiger partial charge in [0.05, 0.1) is 0 Å². The maximum atomic E-state index is 11.9. The molecule has 91 valence electrons. The van der Waals surface area contributed by atoms with Crippen LogP contribution in [0.4, 0.5) is 4.79 Å². The normalized spacial score (nSPS) is 18.5. The molecular formula is C10H16N2NaO3S. The summed E-state index contributed by atoms with van der Waals surface area (Å²) in [7, 11) is 0. The van der Waals surface area contributed by atoms with Gasteiger partial charge in [0, 0.05) is 35.3 Å². The average molecular weight is 267 g/mol. The van der Waals surface area contributed by atoms with E-state index in [-0.39, 0.29) is 35.5 Å². The van der Waals surface area contributed by atoms with Gasteiger partial charge >= 0.3 is 6.03 Å². The number of urea groups is 1. The fourth-order valence-corrected chi connectivity index (χ4v) is 2.77. The number of imide groups is 2. The molecule has 0 aromatic carbocycles. The molecule has 4 amide bonds. The molecule has 7 heteroatoms. The third-order valence-electron chi connectivity index (χ3n) is 2.78. The first-order valence-electron chi connectivity index (χ1n) is 5.19. The van der Waals surface area contributed by atoms with Crippen LogP contribution >= 0.6 is 11.8 Å².